The van der Waals surface area contributed by atoms with Crippen molar-refractivity contribution >= 4 is 28.5 Å². The maximum absolute atomic E-state index is 12.8. The highest BCUT2D eigenvalue weighted by Crippen LogP contribution is 2.35. The first kappa shape index (κ1) is 22.0. The van der Waals surface area contributed by atoms with E-state index in [0.29, 0.717) is 29.8 Å². The van der Waals surface area contributed by atoms with E-state index >= 15 is 0 Å². The summed E-state index contributed by atoms with van der Waals surface area (Å²) in [6.45, 7) is 2.12. The van der Waals surface area contributed by atoms with Gasteiger partial charge in [0.2, 0.25) is 0 Å². The van der Waals surface area contributed by atoms with Crippen LogP contribution in [0.3, 0.4) is 0 Å². The predicted octanol–water partition coefficient (Wildman–Crippen LogP) is 2.32. The molecule has 0 spiro atoms. The highest BCUT2D eigenvalue weighted by atomic mass is 16.7. The molecule has 0 saturated carbocycles. The van der Waals surface area contributed by atoms with E-state index in [0.717, 1.165) is 16.1 Å². The number of carbonyl (C=O) groups excluding carboxylic acids is 3. The number of primary amides is 1. The number of hydroxylamine groups is 2. The fourth-order valence-corrected chi connectivity index (χ4v) is 3.55. The SMILES string of the molecule is CCc1c(C(=O)C(N)=O)c2c(OCC(=O)N(C)OC)cccc2n1Cc1ccccc1. The Hall–Kier alpha value is -3.65. The molecule has 3 rings (SSSR count). The fourth-order valence-electron chi connectivity index (χ4n) is 3.55. The van der Waals surface area contributed by atoms with Gasteiger partial charge in [0.05, 0.1) is 23.6 Å². The van der Waals surface area contributed by atoms with Crippen molar-refractivity contribution < 1.29 is 24.0 Å². The van der Waals surface area contributed by atoms with Crippen molar-refractivity contribution in [2.75, 3.05) is 20.8 Å². The van der Waals surface area contributed by atoms with Gasteiger partial charge < -0.3 is 15.0 Å². The summed E-state index contributed by atoms with van der Waals surface area (Å²) in [6.07, 6.45) is 0.501. The zero-order valence-electron chi connectivity index (χ0n) is 17.8. The van der Waals surface area contributed by atoms with E-state index in [9.17, 15) is 14.4 Å². The molecule has 0 fully saturated rings. The Labute approximate surface area is 180 Å². The van der Waals surface area contributed by atoms with Gasteiger partial charge in [-0.1, -0.05) is 43.3 Å². The number of fused-ring (bicyclic) bond motifs is 1. The molecule has 1 heterocycles. The summed E-state index contributed by atoms with van der Waals surface area (Å²) in [4.78, 5) is 41.6. The van der Waals surface area contributed by atoms with Crippen molar-refractivity contribution in [1.29, 1.82) is 0 Å². The van der Waals surface area contributed by atoms with Gasteiger partial charge in [-0.25, -0.2) is 5.06 Å². The third-order valence-corrected chi connectivity index (χ3v) is 5.10. The van der Waals surface area contributed by atoms with E-state index in [1.165, 1.54) is 14.2 Å². The average molecular weight is 423 g/mol. The molecule has 0 unspecified atom stereocenters. The topological polar surface area (TPSA) is 104 Å². The zero-order chi connectivity index (χ0) is 22.5. The van der Waals surface area contributed by atoms with Crippen LogP contribution in [0, 0.1) is 0 Å². The molecule has 2 aromatic carbocycles. The largest absolute Gasteiger partial charge is 0.483 e. The molecule has 2 amide bonds. The number of hydrogen-bond acceptors (Lipinski definition) is 5. The molecule has 3 aromatic rings. The summed E-state index contributed by atoms with van der Waals surface area (Å²) in [5, 5.41) is 1.51. The number of likely N-dealkylation sites (N-methyl/N-ethyl adjacent to an activating group) is 1. The Kier molecular flexibility index (Phi) is 6.71. The van der Waals surface area contributed by atoms with Crippen LogP contribution in [0.4, 0.5) is 0 Å². The van der Waals surface area contributed by atoms with Crippen LogP contribution >= 0.6 is 0 Å². The molecule has 162 valence electrons. The predicted molar refractivity (Wildman–Crippen MR) is 116 cm³/mol. The second-order valence-electron chi connectivity index (χ2n) is 6.95. The summed E-state index contributed by atoms with van der Waals surface area (Å²) >= 11 is 0. The van der Waals surface area contributed by atoms with Crippen LogP contribution in [0.15, 0.2) is 48.5 Å². The van der Waals surface area contributed by atoms with Crippen LogP contribution in [0.1, 0.15) is 28.5 Å². The molecular formula is C23H25N3O5. The number of ketones is 1. The van der Waals surface area contributed by atoms with Crippen LogP contribution in [0.5, 0.6) is 5.75 Å². The summed E-state index contributed by atoms with van der Waals surface area (Å²) in [5.74, 6) is -1.91. The minimum Gasteiger partial charge on any atom is -0.483 e. The van der Waals surface area contributed by atoms with Gasteiger partial charge in [0.15, 0.2) is 6.61 Å². The summed E-state index contributed by atoms with van der Waals surface area (Å²) in [7, 11) is 2.85. The molecule has 8 nitrogen and oxygen atoms in total. The molecule has 0 atom stereocenters. The third kappa shape index (κ3) is 4.44. The lowest BCUT2D eigenvalue weighted by atomic mass is 10.0. The van der Waals surface area contributed by atoms with E-state index in [2.05, 4.69) is 0 Å². The minimum absolute atomic E-state index is 0.212. The Balaban J connectivity index is 2.17. The molecule has 31 heavy (non-hydrogen) atoms. The van der Waals surface area contributed by atoms with Gasteiger partial charge in [-0.3, -0.25) is 19.2 Å². The first-order chi connectivity index (χ1) is 14.9. The van der Waals surface area contributed by atoms with E-state index < -0.39 is 17.6 Å². The highest BCUT2D eigenvalue weighted by molar-refractivity contribution is 6.45. The first-order valence-electron chi connectivity index (χ1n) is 9.84. The summed E-state index contributed by atoms with van der Waals surface area (Å²) < 4.78 is 7.73. The van der Waals surface area contributed by atoms with Crippen molar-refractivity contribution in [2.24, 2.45) is 5.73 Å². The zero-order valence-corrected chi connectivity index (χ0v) is 17.8. The van der Waals surface area contributed by atoms with Crippen LogP contribution in [0.2, 0.25) is 0 Å². The van der Waals surface area contributed by atoms with Crippen molar-refractivity contribution in [2.45, 2.75) is 19.9 Å². The summed E-state index contributed by atoms with van der Waals surface area (Å²) in [5.41, 5.74) is 8.01. The van der Waals surface area contributed by atoms with Crippen molar-refractivity contribution in [3.8, 4) is 5.75 Å². The Morgan fingerprint density at radius 3 is 2.39 bits per heavy atom. The van der Waals surface area contributed by atoms with Gasteiger partial charge in [-0.15, -0.1) is 0 Å². The molecular weight excluding hydrogens is 398 g/mol. The van der Waals surface area contributed by atoms with Gasteiger partial charge in [0.1, 0.15) is 5.75 Å². The van der Waals surface area contributed by atoms with Gasteiger partial charge in [0, 0.05) is 19.3 Å². The van der Waals surface area contributed by atoms with Crippen molar-refractivity contribution in [3.05, 3.63) is 65.4 Å². The van der Waals surface area contributed by atoms with Crippen LogP contribution in [-0.2, 0) is 27.4 Å². The number of nitrogens with two attached hydrogens (primary N) is 1. The second-order valence-corrected chi connectivity index (χ2v) is 6.95. The number of rotatable bonds is 9. The molecule has 0 aliphatic carbocycles. The second kappa shape index (κ2) is 9.44. The monoisotopic (exact) mass is 423 g/mol. The number of hydrogen-bond donors (Lipinski definition) is 1. The Morgan fingerprint density at radius 1 is 1.06 bits per heavy atom. The molecule has 2 N–H and O–H groups in total. The normalized spacial score (nSPS) is 10.8. The lowest BCUT2D eigenvalue weighted by molar-refractivity contribution is -0.170. The number of ether oxygens (including phenoxy) is 1. The standard InChI is InChI=1S/C23H25N3O5/c1-4-16-21(22(28)23(24)29)20-17(26(16)13-15-9-6-5-7-10-15)11-8-12-18(20)31-14-19(27)25(2)30-3/h5-12H,4,13-14H2,1-3H3,(H2,24,29). The number of benzene rings is 2. The molecule has 0 bridgehead atoms. The van der Waals surface area contributed by atoms with Crippen molar-refractivity contribution in [3.63, 3.8) is 0 Å². The summed E-state index contributed by atoms with van der Waals surface area (Å²) in [6, 6.07) is 15.1. The Morgan fingerprint density at radius 2 is 1.77 bits per heavy atom. The van der Waals surface area contributed by atoms with E-state index in [-0.39, 0.29) is 12.2 Å². The average Bonchev–Trinajstić information content (AvgIpc) is 3.10. The lowest BCUT2D eigenvalue weighted by Gasteiger charge is -2.14. The number of nitrogens with zero attached hydrogens (tertiary/aromatic N) is 2. The number of aromatic nitrogens is 1. The lowest BCUT2D eigenvalue weighted by Crippen LogP contribution is -2.30. The molecule has 0 aliphatic heterocycles. The number of Topliss-reactive ketones (excluding diaryl/α,β-unsaturated/α-hetero) is 1. The van der Waals surface area contributed by atoms with Crippen LogP contribution in [0.25, 0.3) is 10.9 Å². The van der Waals surface area contributed by atoms with Crippen molar-refractivity contribution in [1.82, 2.24) is 9.63 Å². The van der Waals surface area contributed by atoms with E-state index in [1.807, 2.05) is 47.9 Å². The van der Waals surface area contributed by atoms with Gasteiger partial charge in [-0.2, -0.15) is 0 Å². The number of amides is 2. The van der Waals surface area contributed by atoms with Gasteiger partial charge in [-0.05, 0) is 24.1 Å². The maximum atomic E-state index is 12.8. The molecule has 0 aliphatic rings. The fraction of sp³-hybridized carbons (Fsp3) is 0.261. The van der Waals surface area contributed by atoms with Crippen LogP contribution < -0.4 is 10.5 Å². The third-order valence-electron chi connectivity index (χ3n) is 5.10. The highest BCUT2D eigenvalue weighted by Gasteiger charge is 2.27. The quantitative estimate of drug-likeness (QED) is 0.323. The smallest absolute Gasteiger partial charge is 0.289 e. The van der Waals surface area contributed by atoms with Gasteiger partial charge >= 0.3 is 0 Å². The Bertz CT molecular complexity index is 1120. The molecule has 1 aromatic heterocycles. The van der Waals surface area contributed by atoms with E-state index in [4.69, 9.17) is 15.3 Å². The van der Waals surface area contributed by atoms with Gasteiger partial charge in [0.25, 0.3) is 17.6 Å². The molecule has 0 radical (unpaired) electrons. The molecule has 8 heteroatoms. The minimum atomic E-state index is -1.04. The maximum Gasteiger partial charge on any atom is 0.289 e. The van der Waals surface area contributed by atoms with E-state index in [1.54, 1.807) is 12.1 Å². The number of carbonyl (C=O) groups is 3. The molecule has 0 saturated heterocycles. The van der Waals surface area contributed by atoms with Crippen LogP contribution in [-0.4, -0.2) is 48.0 Å². The first-order valence-corrected chi connectivity index (χ1v) is 9.84.